The van der Waals surface area contributed by atoms with E-state index < -0.39 is 43.2 Å². The zero-order valence-corrected chi connectivity index (χ0v) is 44.9. The van der Waals surface area contributed by atoms with Crippen molar-refractivity contribution in [2.45, 2.75) is 78.8 Å². The predicted molar refractivity (Wildman–Crippen MR) is 290 cm³/mol. The molecule has 2 fully saturated rings. The van der Waals surface area contributed by atoms with Gasteiger partial charge in [0.05, 0.1) is 22.7 Å². The first-order valence-corrected chi connectivity index (χ1v) is 28.2. The normalized spacial score (nSPS) is 18.3. The number of aliphatic hydroxyl groups excluding tert-OH is 1. The summed E-state index contributed by atoms with van der Waals surface area (Å²) in [6.07, 6.45) is 12.6. The number of alkyl halides is 3. The van der Waals surface area contributed by atoms with Crippen LogP contribution in [0.25, 0.3) is 11.1 Å². The maximum absolute atomic E-state index is 13.8. The molecule has 3 heterocycles. The molecule has 3 aliphatic heterocycles. The third-order valence-corrected chi connectivity index (χ3v) is 16.6. The van der Waals surface area contributed by atoms with Gasteiger partial charge in [-0.25, -0.2) is 22.1 Å². The van der Waals surface area contributed by atoms with Crippen molar-refractivity contribution in [2.75, 3.05) is 62.5 Å². The van der Waals surface area contributed by atoms with Gasteiger partial charge in [-0.1, -0.05) is 105 Å². The molecule has 0 radical (unpaired) electrons. The van der Waals surface area contributed by atoms with Crippen molar-refractivity contribution in [1.82, 2.24) is 19.4 Å². The average molecular weight is 1100 g/mol. The number of benzene rings is 4. The van der Waals surface area contributed by atoms with Crippen LogP contribution in [0.15, 0.2) is 159 Å². The van der Waals surface area contributed by atoms with Gasteiger partial charge in [0.25, 0.3) is 9.84 Å². The molecule has 2 saturated heterocycles. The minimum Gasteiger partial charge on any atom is -0.477 e. The lowest BCUT2D eigenvalue weighted by Gasteiger charge is -2.38. The van der Waals surface area contributed by atoms with Crippen LogP contribution in [-0.2, 0) is 25.6 Å². The van der Waals surface area contributed by atoms with E-state index in [2.05, 4.69) is 31.1 Å². The van der Waals surface area contributed by atoms with Gasteiger partial charge in [-0.15, -0.1) is 0 Å². The van der Waals surface area contributed by atoms with Crippen molar-refractivity contribution in [1.29, 1.82) is 0 Å². The van der Waals surface area contributed by atoms with Crippen LogP contribution in [0, 0.1) is 0 Å². The number of carboxylic acids is 1. The predicted octanol–water partition coefficient (Wildman–Crippen LogP) is 11.2. The minimum absolute atomic E-state index is 0.0203. The lowest BCUT2D eigenvalue weighted by atomic mass is 9.89. The molecule has 8 rings (SSSR count). The Kier molecular flexibility index (Phi) is 20.7. The van der Waals surface area contributed by atoms with Crippen LogP contribution in [0.3, 0.4) is 0 Å². The molecule has 1 aliphatic carbocycles. The summed E-state index contributed by atoms with van der Waals surface area (Å²) in [7, 11) is -6.24. The number of allylic oxidation sites excluding steroid dienone is 5. The van der Waals surface area contributed by atoms with E-state index in [1.165, 1.54) is 30.0 Å². The first-order chi connectivity index (χ1) is 34.9. The molecule has 4 aromatic rings. The number of piperazine rings is 1. The van der Waals surface area contributed by atoms with Crippen LogP contribution < -0.4 is 14.3 Å². The topological polar surface area (TPSA) is 146 Å². The quantitative estimate of drug-likeness (QED) is 0.0704. The van der Waals surface area contributed by atoms with Crippen LogP contribution in [0.5, 0.6) is 0 Å². The smallest absolute Gasteiger partial charge is 0.477 e. The molecule has 392 valence electrons. The first-order valence-electron chi connectivity index (χ1n) is 24.0. The maximum Gasteiger partial charge on any atom is 0.501 e. The number of hydrogen-bond acceptors (Lipinski definition) is 11. The molecule has 2 atom stereocenters. The van der Waals surface area contributed by atoms with E-state index in [-0.39, 0.29) is 22.4 Å². The number of nitrogens with zero attached hydrogens (tertiary/aromatic N) is 4. The van der Waals surface area contributed by atoms with E-state index in [9.17, 15) is 35.7 Å². The number of halogens is 5. The van der Waals surface area contributed by atoms with Crippen LogP contribution in [0.2, 0.25) is 5.02 Å². The summed E-state index contributed by atoms with van der Waals surface area (Å²) >= 11 is 13.8. The number of likely N-dealkylation sites (N-methyl/N-ethyl adjacent to an activating group) is 1. The number of likely N-dealkylation sites (tertiary alicyclic amines) is 1. The van der Waals surface area contributed by atoms with Crippen LogP contribution in [0.4, 0.5) is 24.5 Å². The van der Waals surface area contributed by atoms with Gasteiger partial charge in [0.1, 0.15) is 26.7 Å². The maximum atomic E-state index is 13.8. The number of sulfone groups is 1. The summed E-state index contributed by atoms with van der Waals surface area (Å²) in [6.45, 7) is 12.2. The summed E-state index contributed by atoms with van der Waals surface area (Å²) in [5, 5.41) is 20.3. The van der Waals surface area contributed by atoms with E-state index >= 15 is 0 Å². The zero-order valence-electron chi connectivity index (χ0n) is 41.0. The fourth-order valence-corrected chi connectivity index (χ4v) is 11.6. The minimum atomic E-state index is -5.80. The van der Waals surface area contributed by atoms with Crippen molar-refractivity contribution >= 4 is 84.5 Å². The molecule has 4 aliphatic rings. The lowest BCUT2D eigenvalue weighted by molar-refractivity contribution is -0.133. The van der Waals surface area contributed by atoms with E-state index in [1.807, 2.05) is 62.4 Å². The Labute approximate surface area is 443 Å². The lowest BCUT2D eigenvalue weighted by Crippen LogP contribution is -2.45. The molecule has 0 aromatic heterocycles. The molecular formula is C53H61Cl2F3N6O6S3. The molecule has 12 nitrogen and oxygen atoms in total. The molecule has 73 heavy (non-hydrogen) atoms. The number of piperidine rings is 1. The Morgan fingerprint density at radius 1 is 0.849 bits per heavy atom. The Morgan fingerprint density at radius 2 is 1.52 bits per heavy atom. The average Bonchev–Trinajstić information content (AvgIpc) is 3.63. The van der Waals surface area contributed by atoms with Crippen molar-refractivity contribution in [3.63, 3.8) is 0 Å². The summed E-state index contributed by atoms with van der Waals surface area (Å²) in [5.41, 5.74) is -0.913. The Hall–Kier alpha value is -5.05. The Morgan fingerprint density at radius 3 is 2.16 bits per heavy atom. The molecule has 0 spiro atoms. The van der Waals surface area contributed by atoms with E-state index in [0.717, 1.165) is 72.0 Å². The zero-order chi connectivity index (χ0) is 52.9. The monoisotopic (exact) mass is 1100 g/mol. The standard InChI is InChI=1S/C43H38Cl2F3N5O5S3.C8H17NO.C2H6/c1-51-40(42(54)55)36(27-37(41(51)45)28-13-15-30(44)16-14-28)29-7-5-10-33(25-29)53-23-21-52(22-24-53)32-9-6-8-31(17-18-32)50-60(56)35-19-20-38(49-59-34-11-3-2-4-12-34)39(26-35)61(57,58)43(46,47)48;1-2-5-9-6-3-8(10)4-7-9;1-2/h2-20,25-26,31,49-50H,21-24,27H2,1H3,(H,54,55);8,10H,2-7H2,1H3;1-2H3. The molecule has 0 amide bonds. The summed E-state index contributed by atoms with van der Waals surface area (Å²) in [6, 6.07) is 26.4. The Balaban J connectivity index is 0.000000641. The van der Waals surface area contributed by atoms with Gasteiger partial charge < -0.3 is 34.5 Å². The van der Waals surface area contributed by atoms with Gasteiger partial charge in [-0.3, -0.25) is 0 Å². The number of nitrogens with one attached hydrogen (secondary N) is 2. The molecule has 0 saturated carbocycles. The third-order valence-electron chi connectivity index (χ3n) is 12.3. The van der Waals surface area contributed by atoms with E-state index in [0.29, 0.717) is 53.2 Å². The Bertz CT molecular complexity index is 2830. The van der Waals surface area contributed by atoms with Gasteiger partial charge in [0, 0.05) is 74.0 Å². The number of rotatable bonds is 14. The number of aliphatic hydroxyl groups is 1. The van der Waals surface area contributed by atoms with Crippen molar-refractivity contribution < 1.29 is 40.8 Å². The molecule has 4 N–H and O–H groups in total. The number of carboxylic acid groups (broad SMARTS) is 1. The number of aliphatic carboxylic acids is 1. The van der Waals surface area contributed by atoms with Gasteiger partial charge in [0.15, 0.2) is 0 Å². The highest BCUT2D eigenvalue weighted by Gasteiger charge is 2.48. The molecular weight excluding hydrogens is 1040 g/mol. The molecule has 4 aromatic carbocycles. The molecule has 0 bridgehead atoms. The fourth-order valence-electron chi connectivity index (χ4n) is 8.52. The van der Waals surface area contributed by atoms with Gasteiger partial charge in [-0.05, 0) is 127 Å². The highest BCUT2D eigenvalue weighted by molar-refractivity contribution is 8.00. The summed E-state index contributed by atoms with van der Waals surface area (Å²) in [5.74, 6) is -1.08. The number of carbonyl (C=O) groups is 1. The second-order valence-corrected chi connectivity index (χ2v) is 21.9. The molecule has 20 heteroatoms. The summed E-state index contributed by atoms with van der Waals surface area (Å²) in [4.78, 5) is 20.4. The van der Waals surface area contributed by atoms with Crippen molar-refractivity contribution in [3.05, 3.63) is 160 Å². The largest absolute Gasteiger partial charge is 0.501 e. The van der Waals surface area contributed by atoms with Crippen molar-refractivity contribution in [3.8, 4) is 0 Å². The first kappa shape index (κ1) is 57.2. The highest BCUT2D eigenvalue weighted by atomic mass is 35.5. The van der Waals surface area contributed by atoms with E-state index in [4.69, 9.17) is 28.3 Å². The van der Waals surface area contributed by atoms with Crippen LogP contribution in [0.1, 0.15) is 57.6 Å². The highest BCUT2D eigenvalue weighted by Crippen LogP contribution is 2.43. The second kappa shape index (κ2) is 26.4. The van der Waals surface area contributed by atoms with Crippen LogP contribution in [-0.4, -0.2) is 114 Å². The SMILES string of the molecule is CC.CCCN1CCC(O)CC1.CN1C(Cl)=C(c2ccc(Cl)cc2)CC(c2cccc(N3CCN(C4=CC=CC(NS(=O)c5ccc(NSc6ccccc6)c(S(=O)(=O)C(F)(F)F)c5)C=C4)CC3)c2)=C1C(=O)O. The molecule has 2 unspecified atom stereocenters. The second-order valence-electron chi connectivity index (χ2n) is 17.1. The van der Waals surface area contributed by atoms with Crippen molar-refractivity contribution in [2.24, 2.45) is 0 Å². The van der Waals surface area contributed by atoms with Gasteiger partial charge >= 0.3 is 11.5 Å². The fraction of sp³-hybridized carbons (Fsp3) is 0.340. The third kappa shape index (κ3) is 14.8. The number of anilines is 2. The van der Waals surface area contributed by atoms with E-state index in [1.54, 1.807) is 67.7 Å². The van der Waals surface area contributed by atoms with Crippen LogP contribution >= 0.6 is 35.1 Å². The van der Waals surface area contributed by atoms with Gasteiger partial charge in [-0.2, -0.15) is 13.2 Å². The van der Waals surface area contributed by atoms with Gasteiger partial charge in [0.2, 0.25) is 0 Å². The number of hydrogen-bond donors (Lipinski definition) is 4. The summed E-state index contributed by atoms with van der Waals surface area (Å²) < 4.78 is 85.5.